The minimum absolute atomic E-state index is 0.252. The van der Waals surface area contributed by atoms with E-state index in [9.17, 15) is 9.90 Å². The van der Waals surface area contributed by atoms with E-state index in [2.05, 4.69) is 0 Å². The smallest absolute Gasteiger partial charge is 0.315 e. The van der Waals surface area contributed by atoms with Gasteiger partial charge in [-0.1, -0.05) is 0 Å². The van der Waals surface area contributed by atoms with Gasteiger partial charge in [0, 0.05) is 5.75 Å². The molecule has 1 N–H and O–H groups in total. The van der Waals surface area contributed by atoms with E-state index in [1.165, 1.54) is 0 Å². The van der Waals surface area contributed by atoms with E-state index in [1.54, 1.807) is 32.5 Å². The number of aliphatic hydroxyl groups is 1. The van der Waals surface area contributed by atoms with Crippen molar-refractivity contribution in [3.63, 3.8) is 0 Å². The maximum Gasteiger partial charge on any atom is 0.315 e. The number of carbonyl (C=O) groups excluding carboxylic acids is 1. The Balaban J connectivity index is 2.87. The van der Waals surface area contributed by atoms with Crippen molar-refractivity contribution in [3.8, 4) is 0 Å². The van der Waals surface area contributed by atoms with E-state index < -0.39 is 11.0 Å². The molecule has 82 valence electrons. The quantitative estimate of drug-likeness (QED) is 0.728. The molecule has 0 aromatic heterocycles. The van der Waals surface area contributed by atoms with E-state index in [0.717, 1.165) is 5.75 Å². The lowest BCUT2D eigenvalue weighted by molar-refractivity contribution is -0.168. The fraction of sp³-hybridized carbons (Fsp3) is 0.900. The molecule has 1 unspecified atom stereocenters. The second-order valence-electron chi connectivity index (χ2n) is 4.16. The molecule has 0 aromatic carbocycles. The zero-order chi connectivity index (χ0) is 10.8. The summed E-state index contributed by atoms with van der Waals surface area (Å²) in [6.07, 6.45) is 0.708. The summed E-state index contributed by atoms with van der Waals surface area (Å²) < 4.78 is 5.04. The highest BCUT2D eigenvalue weighted by Gasteiger charge is 2.53. The van der Waals surface area contributed by atoms with Gasteiger partial charge in [0.05, 0.1) is 12.2 Å². The van der Waals surface area contributed by atoms with Crippen molar-refractivity contribution in [2.75, 3.05) is 18.1 Å². The van der Waals surface area contributed by atoms with E-state index >= 15 is 0 Å². The lowest BCUT2D eigenvalue weighted by Gasteiger charge is -2.37. The fourth-order valence-corrected chi connectivity index (χ4v) is 3.33. The predicted molar refractivity (Wildman–Crippen MR) is 57.3 cm³/mol. The monoisotopic (exact) mass is 218 g/mol. The molecule has 0 spiro atoms. The third kappa shape index (κ3) is 1.91. The van der Waals surface area contributed by atoms with E-state index in [-0.39, 0.29) is 5.97 Å². The van der Waals surface area contributed by atoms with Crippen LogP contribution >= 0.6 is 11.8 Å². The first-order valence-electron chi connectivity index (χ1n) is 4.91. The average Bonchev–Trinajstić information content (AvgIpc) is 2.51. The molecule has 1 saturated heterocycles. The highest BCUT2D eigenvalue weighted by molar-refractivity contribution is 7.99. The standard InChI is InChI=1S/C10H18O3S/c1-4-13-8(11)10(9(2,3)12)5-6-14-7-10/h12H,4-7H2,1-3H3. The zero-order valence-electron chi connectivity index (χ0n) is 9.00. The zero-order valence-corrected chi connectivity index (χ0v) is 9.82. The fourth-order valence-electron chi connectivity index (χ4n) is 1.73. The van der Waals surface area contributed by atoms with Gasteiger partial charge in [0.15, 0.2) is 0 Å². The summed E-state index contributed by atoms with van der Waals surface area (Å²) in [7, 11) is 0. The molecule has 1 fully saturated rings. The van der Waals surface area contributed by atoms with Gasteiger partial charge in [-0.25, -0.2) is 0 Å². The highest BCUT2D eigenvalue weighted by Crippen LogP contribution is 2.45. The molecule has 4 heteroatoms. The number of esters is 1. The molecule has 3 nitrogen and oxygen atoms in total. The molecular weight excluding hydrogens is 200 g/mol. The molecule has 14 heavy (non-hydrogen) atoms. The summed E-state index contributed by atoms with van der Waals surface area (Å²) in [5.41, 5.74) is -1.70. The van der Waals surface area contributed by atoms with E-state index in [1.807, 2.05) is 0 Å². The first-order chi connectivity index (χ1) is 6.44. The summed E-state index contributed by atoms with van der Waals surface area (Å²) in [6, 6.07) is 0. The number of rotatable bonds is 3. The Morgan fingerprint density at radius 1 is 1.64 bits per heavy atom. The summed E-state index contributed by atoms with van der Waals surface area (Å²) in [6.45, 7) is 5.55. The second kappa shape index (κ2) is 4.11. The molecule has 1 aliphatic heterocycles. The van der Waals surface area contributed by atoms with Gasteiger partial charge in [0.1, 0.15) is 5.41 Å². The first-order valence-corrected chi connectivity index (χ1v) is 6.07. The van der Waals surface area contributed by atoms with Crippen LogP contribution < -0.4 is 0 Å². The van der Waals surface area contributed by atoms with Gasteiger partial charge in [-0.2, -0.15) is 11.8 Å². The number of hydrogen-bond donors (Lipinski definition) is 1. The largest absolute Gasteiger partial charge is 0.465 e. The maximum absolute atomic E-state index is 11.8. The Morgan fingerprint density at radius 2 is 2.29 bits per heavy atom. The predicted octanol–water partition coefficient (Wildman–Crippen LogP) is 1.44. The summed E-state index contributed by atoms with van der Waals surface area (Å²) in [5.74, 6) is 1.33. The van der Waals surface area contributed by atoms with Gasteiger partial charge in [0.2, 0.25) is 0 Å². The van der Waals surface area contributed by atoms with Crippen molar-refractivity contribution in [1.82, 2.24) is 0 Å². The SMILES string of the molecule is CCOC(=O)C1(C(C)(C)O)CCSC1. The molecular formula is C10H18O3S. The Morgan fingerprint density at radius 3 is 2.64 bits per heavy atom. The van der Waals surface area contributed by atoms with Crippen molar-refractivity contribution in [1.29, 1.82) is 0 Å². The third-order valence-electron chi connectivity index (χ3n) is 2.86. The molecule has 0 radical (unpaired) electrons. The van der Waals surface area contributed by atoms with Crippen LogP contribution in [-0.2, 0) is 9.53 Å². The Hall–Kier alpha value is -0.220. The molecule has 0 amide bonds. The van der Waals surface area contributed by atoms with Crippen LogP contribution in [0.5, 0.6) is 0 Å². The molecule has 1 aliphatic rings. The van der Waals surface area contributed by atoms with Crippen LogP contribution in [0.2, 0.25) is 0 Å². The minimum atomic E-state index is -0.997. The van der Waals surface area contributed by atoms with Gasteiger partial charge < -0.3 is 9.84 Å². The first kappa shape index (κ1) is 11.9. The van der Waals surface area contributed by atoms with Gasteiger partial charge in [-0.3, -0.25) is 4.79 Å². The van der Waals surface area contributed by atoms with Crippen LogP contribution in [0.1, 0.15) is 27.2 Å². The van der Waals surface area contributed by atoms with Crippen LogP contribution in [0.25, 0.3) is 0 Å². The van der Waals surface area contributed by atoms with Gasteiger partial charge in [-0.15, -0.1) is 0 Å². The van der Waals surface area contributed by atoms with Gasteiger partial charge in [0.25, 0.3) is 0 Å². The second-order valence-corrected chi connectivity index (χ2v) is 5.27. The van der Waals surface area contributed by atoms with Crippen molar-refractivity contribution in [2.24, 2.45) is 5.41 Å². The maximum atomic E-state index is 11.8. The van der Waals surface area contributed by atoms with E-state index in [4.69, 9.17) is 4.74 Å². The topological polar surface area (TPSA) is 46.5 Å². The lowest BCUT2D eigenvalue weighted by Crippen LogP contribution is -2.50. The number of hydrogen-bond acceptors (Lipinski definition) is 4. The van der Waals surface area contributed by atoms with Crippen molar-refractivity contribution < 1.29 is 14.6 Å². The third-order valence-corrected chi connectivity index (χ3v) is 4.05. The highest BCUT2D eigenvalue weighted by atomic mass is 32.2. The number of ether oxygens (including phenoxy) is 1. The van der Waals surface area contributed by atoms with Crippen LogP contribution in [-0.4, -0.2) is 34.8 Å². The summed E-state index contributed by atoms with van der Waals surface area (Å²) in [5, 5.41) is 10.1. The molecule has 1 rings (SSSR count). The molecule has 0 saturated carbocycles. The molecule has 0 aromatic rings. The number of thioether (sulfide) groups is 1. The van der Waals surface area contributed by atoms with Crippen LogP contribution in [0.3, 0.4) is 0 Å². The van der Waals surface area contributed by atoms with Crippen LogP contribution in [0.4, 0.5) is 0 Å². The van der Waals surface area contributed by atoms with E-state index in [0.29, 0.717) is 18.8 Å². The lowest BCUT2D eigenvalue weighted by atomic mass is 9.73. The molecule has 1 heterocycles. The summed E-state index contributed by atoms with van der Waals surface area (Å²) >= 11 is 1.70. The van der Waals surface area contributed by atoms with Gasteiger partial charge in [-0.05, 0) is 32.9 Å². The minimum Gasteiger partial charge on any atom is -0.465 e. The normalized spacial score (nSPS) is 27.7. The Labute approximate surface area is 89.2 Å². The van der Waals surface area contributed by atoms with Gasteiger partial charge >= 0.3 is 5.97 Å². The summed E-state index contributed by atoms with van der Waals surface area (Å²) in [4.78, 5) is 11.8. The Bertz CT molecular complexity index is 214. The number of carbonyl (C=O) groups is 1. The average molecular weight is 218 g/mol. The molecule has 0 aliphatic carbocycles. The molecule has 0 bridgehead atoms. The Kier molecular flexibility index (Phi) is 3.48. The molecule has 1 atom stereocenters. The van der Waals surface area contributed by atoms with Crippen LogP contribution in [0, 0.1) is 5.41 Å². The van der Waals surface area contributed by atoms with Crippen LogP contribution in [0.15, 0.2) is 0 Å². The van der Waals surface area contributed by atoms with Crippen molar-refractivity contribution >= 4 is 17.7 Å². The van der Waals surface area contributed by atoms with Crippen molar-refractivity contribution in [2.45, 2.75) is 32.8 Å². The van der Waals surface area contributed by atoms with Crippen molar-refractivity contribution in [3.05, 3.63) is 0 Å².